The molecule has 0 saturated heterocycles. The van der Waals surface area contributed by atoms with E-state index in [0.717, 1.165) is 0 Å². The Morgan fingerprint density at radius 2 is 1.40 bits per heavy atom. The van der Waals surface area contributed by atoms with Crippen molar-refractivity contribution in [3.8, 4) is 0 Å². The lowest BCUT2D eigenvalue weighted by molar-refractivity contribution is -0.137. The van der Waals surface area contributed by atoms with Gasteiger partial charge in [-0.3, -0.25) is 9.59 Å². The van der Waals surface area contributed by atoms with Gasteiger partial charge >= 0.3 is 9.28 Å². The maximum Gasteiger partial charge on any atom is 0.444 e. The lowest BCUT2D eigenvalue weighted by Gasteiger charge is -2.08. The minimum atomic E-state index is -2.02. The van der Waals surface area contributed by atoms with Gasteiger partial charge in [-0.1, -0.05) is 0 Å². The Hall–Kier alpha value is -0.843. The van der Waals surface area contributed by atoms with E-state index in [9.17, 15) is 9.59 Å². The lowest BCUT2D eigenvalue weighted by Crippen LogP contribution is -2.23. The van der Waals surface area contributed by atoms with Crippen LogP contribution in [-0.2, 0) is 18.4 Å². The minimum Gasteiger partial charge on any atom is -0.487 e. The third-order valence-electron chi connectivity index (χ3n) is 0.664. The van der Waals surface area contributed by atoms with E-state index in [4.69, 9.17) is 0 Å². The molecule has 0 aromatic rings. The molecule has 0 amide bonds. The molecule has 0 atom stereocenters. The summed E-state index contributed by atoms with van der Waals surface area (Å²) in [5.41, 5.74) is 0. The number of carbonyl (C=O) groups is 2. The van der Waals surface area contributed by atoms with Crippen LogP contribution in [-0.4, -0.2) is 21.2 Å². The van der Waals surface area contributed by atoms with Crippen molar-refractivity contribution in [1.29, 1.82) is 0 Å². The van der Waals surface area contributed by atoms with Crippen molar-refractivity contribution < 1.29 is 18.4 Å². The summed E-state index contributed by atoms with van der Waals surface area (Å²) in [7, 11) is -2.02. The highest BCUT2D eigenvalue weighted by Crippen LogP contribution is 1.89. The van der Waals surface area contributed by atoms with Crippen molar-refractivity contribution in [2.45, 2.75) is 20.4 Å². The first kappa shape index (κ1) is 9.16. The Labute approximate surface area is 61.0 Å². The van der Waals surface area contributed by atoms with Crippen LogP contribution in [0, 0.1) is 0 Å². The van der Waals surface area contributed by atoms with Crippen LogP contribution in [0.5, 0.6) is 0 Å². The van der Waals surface area contributed by atoms with Gasteiger partial charge in [0.1, 0.15) is 0 Å². The topological polar surface area (TPSA) is 52.6 Å². The van der Waals surface area contributed by atoms with E-state index < -0.39 is 21.2 Å². The largest absolute Gasteiger partial charge is 0.487 e. The fourth-order valence-corrected chi connectivity index (χ4v) is 1.47. The summed E-state index contributed by atoms with van der Waals surface area (Å²) in [4.78, 5) is 20.5. The molecular formula is C5H10O4Si. The average molecular weight is 162 g/mol. The van der Waals surface area contributed by atoms with Gasteiger partial charge in [-0.25, -0.2) is 0 Å². The normalized spacial score (nSPS) is 9.20. The molecule has 10 heavy (non-hydrogen) atoms. The molecule has 0 spiro atoms. The standard InChI is InChI=1S/C5H10O4Si/c1-4(6)8-10(3)9-5(2)7/h10H,1-3H3. The van der Waals surface area contributed by atoms with Crippen LogP contribution < -0.4 is 0 Å². The third kappa shape index (κ3) is 5.30. The Morgan fingerprint density at radius 3 is 1.60 bits per heavy atom. The molecule has 58 valence electrons. The molecule has 5 heteroatoms. The molecule has 0 aliphatic rings. The smallest absolute Gasteiger partial charge is 0.444 e. The molecule has 0 aromatic carbocycles. The van der Waals surface area contributed by atoms with Crippen LogP contribution >= 0.6 is 0 Å². The molecule has 0 unspecified atom stereocenters. The zero-order valence-corrected chi connectivity index (χ0v) is 7.37. The molecule has 0 bridgehead atoms. The summed E-state index contributed by atoms with van der Waals surface area (Å²) >= 11 is 0. The van der Waals surface area contributed by atoms with Crippen LogP contribution in [0.15, 0.2) is 0 Å². The SMILES string of the molecule is CC(=O)O[SiH](C)OC(C)=O. The molecule has 0 aromatic heterocycles. The molecule has 0 N–H and O–H groups in total. The Morgan fingerprint density at radius 1 is 1.10 bits per heavy atom. The van der Waals surface area contributed by atoms with Crippen molar-refractivity contribution in [3.63, 3.8) is 0 Å². The van der Waals surface area contributed by atoms with Crippen LogP contribution in [0.4, 0.5) is 0 Å². The molecular weight excluding hydrogens is 152 g/mol. The number of hydrogen-bond donors (Lipinski definition) is 0. The maximum absolute atomic E-state index is 10.3. The van der Waals surface area contributed by atoms with E-state index in [2.05, 4.69) is 8.85 Å². The first-order chi connectivity index (χ1) is 4.52. The van der Waals surface area contributed by atoms with Gasteiger partial charge in [-0.2, -0.15) is 0 Å². The van der Waals surface area contributed by atoms with Crippen molar-refractivity contribution in [2.75, 3.05) is 0 Å². The molecule has 0 rings (SSSR count). The van der Waals surface area contributed by atoms with Gasteiger partial charge in [0, 0.05) is 13.8 Å². The zero-order chi connectivity index (χ0) is 8.15. The van der Waals surface area contributed by atoms with Gasteiger partial charge < -0.3 is 8.85 Å². The summed E-state index contributed by atoms with van der Waals surface area (Å²) in [6, 6.07) is 0. The van der Waals surface area contributed by atoms with E-state index in [1.54, 1.807) is 6.55 Å². The lowest BCUT2D eigenvalue weighted by atomic mass is 10.9. The van der Waals surface area contributed by atoms with Crippen molar-refractivity contribution in [2.24, 2.45) is 0 Å². The molecule has 0 saturated carbocycles. The van der Waals surface area contributed by atoms with E-state index in [-0.39, 0.29) is 0 Å². The van der Waals surface area contributed by atoms with Crippen molar-refractivity contribution >= 4 is 21.2 Å². The Bertz CT molecular complexity index is 129. The highest BCUT2D eigenvalue weighted by atomic mass is 28.3. The summed E-state index contributed by atoms with van der Waals surface area (Å²) < 4.78 is 9.24. The second kappa shape index (κ2) is 4.05. The predicted molar refractivity (Wildman–Crippen MR) is 36.5 cm³/mol. The van der Waals surface area contributed by atoms with E-state index in [1.807, 2.05) is 0 Å². The fourth-order valence-electron chi connectivity index (χ4n) is 0.491. The number of hydrogen-bond acceptors (Lipinski definition) is 4. The van der Waals surface area contributed by atoms with Crippen molar-refractivity contribution in [3.05, 3.63) is 0 Å². The number of carbonyl (C=O) groups excluding carboxylic acids is 2. The summed E-state index contributed by atoms with van der Waals surface area (Å²) in [5.74, 6) is -0.805. The third-order valence-corrected chi connectivity index (χ3v) is 1.99. The van der Waals surface area contributed by atoms with Crippen LogP contribution in [0.1, 0.15) is 13.8 Å². The fraction of sp³-hybridized carbons (Fsp3) is 0.600. The molecule has 0 aliphatic carbocycles. The van der Waals surface area contributed by atoms with Gasteiger partial charge in [0.2, 0.25) is 0 Å². The first-order valence-corrected chi connectivity index (χ1v) is 4.96. The summed E-state index contributed by atoms with van der Waals surface area (Å²) in [6.45, 7) is 4.18. The molecule has 0 fully saturated rings. The predicted octanol–water partition coefficient (Wildman–Crippen LogP) is -0.0371. The quantitative estimate of drug-likeness (QED) is 0.535. The summed E-state index contributed by atoms with van der Waals surface area (Å²) in [5, 5.41) is 0. The van der Waals surface area contributed by atoms with Gasteiger partial charge in [-0.05, 0) is 6.55 Å². The second-order valence-electron chi connectivity index (χ2n) is 1.79. The maximum atomic E-state index is 10.3. The van der Waals surface area contributed by atoms with Crippen molar-refractivity contribution in [1.82, 2.24) is 0 Å². The molecule has 0 radical (unpaired) electrons. The van der Waals surface area contributed by atoms with E-state index in [1.165, 1.54) is 13.8 Å². The molecule has 4 nitrogen and oxygen atoms in total. The van der Waals surface area contributed by atoms with E-state index >= 15 is 0 Å². The summed E-state index contributed by atoms with van der Waals surface area (Å²) in [6.07, 6.45) is 0. The minimum absolute atomic E-state index is 0.402. The zero-order valence-electron chi connectivity index (χ0n) is 6.21. The Balaban J connectivity index is 3.53. The van der Waals surface area contributed by atoms with Gasteiger partial charge in [0.25, 0.3) is 11.9 Å². The van der Waals surface area contributed by atoms with Gasteiger partial charge in [0.05, 0.1) is 0 Å². The molecule has 0 aliphatic heterocycles. The van der Waals surface area contributed by atoms with E-state index in [0.29, 0.717) is 0 Å². The first-order valence-electron chi connectivity index (χ1n) is 2.87. The monoisotopic (exact) mass is 162 g/mol. The van der Waals surface area contributed by atoms with Crippen LogP contribution in [0.3, 0.4) is 0 Å². The molecule has 0 heterocycles. The second-order valence-corrected chi connectivity index (χ2v) is 3.39. The number of rotatable bonds is 2. The highest BCUT2D eigenvalue weighted by Gasteiger charge is 2.11. The van der Waals surface area contributed by atoms with Crippen LogP contribution in [0.25, 0.3) is 0 Å². The van der Waals surface area contributed by atoms with Gasteiger partial charge in [0.15, 0.2) is 0 Å². The average Bonchev–Trinajstić information content (AvgIpc) is 1.58. The Kier molecular flexibility index (Phi) is 3.71. The van der Waals surface area contributed by atoms with Crippen LogP contribution in [0.2, 0.25) is 6.55 Å². The van der Waals surface area contributed by atoms with Gasteiger partial charge in [-0.15, -0.1) is 0 Å². The highest BCUT2D eigenvalue weighted by molar-refractivity contribution is 6.47.